The van der Waals surface area contributed by atoms with E-state index in [2.05, 4.69) is 20.3 Å². The molecule has 0 aliphatic carbocycles. The number of fused-ring (bicyclic) bond motifs is 1. The minimum Gasteiger partial charge on any atom is -0.491 e. The lowest BCUT2D eigenvalue weighted by Gasteiger charge is -2.13. The van der Waals surface area contributed by atoms with Gasteiger partial charge in [0.2, 0.25) is 5.43 Å². The molecule has 0 bridgehead atoms. The molecule has 0 spiro atoms. The van der Waals surface area contributed by atoms with Crippen molar-refractivity contribution < 1.29 is 23.4 Å². The maximum absolute atomic E-state index is 15.1. The van der Waals surface area contributed by atoms with Crippen LogP contribution in [-0.2, 0) is 0 Å². The van der Waals surface area contributed by atoms with Gasteiger partial charge in [-0.05, 0) is 37.5 Å². The van der Waals surface area contributed by atoms with Crippen LogP contribution in [0.15, 0.2) is 53.6 Å². The molecule has 0 unspecified atom stereocenters. The van der Waals surface area contributed by atoms with Crippen LogP contribution in [0.3, 0.4) is 0 Å². The zero-order valence-corrected chi connectivity index (χ0v) is 22.3. The van der Waals surface area contributed by atoms with Crippen LogP contribution < -0.4 is 25.0 Å². The van der Waals surface area contributed by atoms with E-state index < -0.39 is 11.7 Å². The number of nitrogens with one attached hydrogen (secondary N) is 2. The monoisotopic (exact) mass is 532 g/mol. The number of H-pyrrole nitrogens is 1. The number of carbonyl (C=O) groups excluding carboxylic acids is 1. The number of methoxy groups -OCH3 is 2. The van der Waals surface area contributed by atoms with E-state index in [1.165, 1.54) is 38.7 Å². The highest BCUT2D eigenvalue weighted by molar-refractivity contribution is 6.04. The highest BCUT2D eigenvalue weighted by Crippen LogP contribution is 2.35. The van der Waals surface area contributed by atoms with Gasteiger partial charge < -0.3 is 24.5 Å². The summed E-state index contributed by atoms with van der Waals surface area (Å²) in [6, 6.07) is 7.17. The minimum atomic E-state index is -0.726. The van der Waals surface area contributed by atoms with Gasteiger partial charge in [0.05, 0.1) is 19.7 Å². The van der Waals surface area contributed by atoms with Crippen LogP contribution in [-0.4, -0.2) is 35.1 Å². The molecular formula is C29H29FN4O5. The lowest BCUT2D eigenvalue weighted by molar-refractivity contribution is 0.102. The largest absolute Gasteiger partial charge is 0.491 e. The summed E-state index contributed by atoms with van der Waals surface area (Å²) in [6.45, 7) is 5.73. The normalized spacial score (nSPS) is 11.4. The second kappa shape index (κ2) is 11.8. The number of rotatable bonds is 9. The topological polar surface area (TPSA) is 115 Å². The third-order valence-corrected chi connectivity index (χ3v) is 6.11. The van der Waals surface area contributed by atoms with E-state index in [0.29, 0.717) is 34.5 Å². The molecule has 0 atom stereocenters. The Labute approximate surface area is 224 Å². The van der Waals surface area contributed by atoms with Crippen LogP contribution in [0.4, 0.5) is 10.1 Å². The molecule has 1 aromatic carbocycles. The molecular weight excluding hydrogens is 503 g/mol. The Kier molecular flexibility index (Phi) is 8.24. The average molecular weight is 533 g/mol. The van der Waals surface area contributed by atoms with E-state index in [0.717, 1.165) is 18.1 Å². The number of carbonyl (C=O) groups is 1. The first-order chi connectivity index (χ1) is 18.8. The van der Waals surface area contributed by atoms with Crippen molar-refractivity contribution in [2.45, 2.75) is 33.6 Å². The van der Waals surface area contributed by atoms with Crippen molar-refractivity contribution in [2.24, 2.45) is 0 Å². The molecule has 0 aliphatic heterocycles. The number of ether oxygens (including phenoxy) is 3. The number of anilines is 1. The third kappa shape index (κ3) is 5.59. The zero-order chi connectivity index (χ0) is 28.1. The molecule has 4 aromatic rings. The summed E-state index contributed by atoms with van der Waals surface area (Å²) in [4.78, 5) is 37.8. The van der Waals surface area contributed by atoms with Crippen LogP contribution >= 0.6 is 0 Å². The molecule has 0 radical (unpaired) electrons. The molecule has 3 aromatic heterocycles. The number of benzene rings is 1. The number of pyridine rings is 3. The van der Waals surface area contributed by atoms with Crippen LogP contribution in [0.2, 0.25) is 0 Å². The molecule has 2 N–H and O–H groups in total. The summed E-state index contributed by atoms with van der Waals surface area (Å²) in [5, 5.41) is 2.60. The van der Waals surface area contributed by atoms with Crippen LogP contribution in [0.1, 0.15) is 48.3 Å². The summed E-state index contributed by atoms with van der Waals surface area (Å²) < 4.78 is 31.4. The Hall–Kier alpha value is -4.73. The van der Waals surface area contributed by atoms with Crippen molar-refractivity contribution in [1.29, 1.82) is 0 Å². The summed E-state index contributed by atoms with van der Waals surface area (Å²) >= 11 is 0. The van der Waals surface area contributed by atoms with Crippen LogP contribution in [0, 0.1) is 12.7 Å². The van der Waals surface area contributed by atoms with Gasteiger partial charge in [-0.1, -0.05) is 19.9 Å². The number of aromatic nitrogens is 3. The predicted octanol–water partition coefficient (Wildman–Crippen LogP) is 6.03. The Balaban J connectivity index is 1.60. The first-order valence-electron chi connectivity index (χ1n) is 12.4. The molecule has 10 heteroatoms. The molecule has 0 saturated heterocycles. The maximum atomic E-state index is 15.1. The van der Waals surface area contributed by atoms with E-state index in [1.807, 2.05) is 19.9 Å². The number of hydrogen-bond donors (Lipinski definition) is 2. The molecule has 202 valence electrons. The van der Waals surface area contributed by atoms with Crippen molar-refractivity contribution in [3.05, 3.63) is 81.7 Å². The lowest BCUT2D eigenvalue weighted by Crippen LogP contribution is -2.25. The van der Waals surface area contributed by atoms with Gasteiger partial charge >= 0.3 is 0 Å². The van der Waals surface area contributed by atoms with Gasteiger partial charge in [0.25, 0.3) is 11.8 Å². The number of amides is 1. The van der Waals surface area contributed by atoms with Crippen molar-refractivity contribution >= 4 is 28.2 Å². The SMILES string of the molecule is CC/C=C(\CC)c1c(C)[nH]cc(C(=O)Nc2ccc(Oc3ccnc4cc(OC)c(OC)nc34)c(F)c2)c1=O. The first-order valence-corrected chi connectivity index (χ1v) is 12.4. The highest BCUT2D eigenvalue weighted by atomic mass is 19.1. The highest BCUT2D eigenvalue weighted by Gasteiger charge is 2.19. The van der Waals surface area contributed by atoms with Crippen molar-refractivity contribution in [3.8, 4) is 23.1 Å². The fraction of sp³-hybridized carbons (Fsp3) is 0.241. The number of allylic oxidation sites excluding steroid dienone is 2. The maximum Gasteiger partial charge on any atom is 0.261 e. The quantitative estimate of drug-likeness (QED) is 0.270. The lowest BCUT2D eigenvalue weighted by atomic mass is 9.98. The number of nitrogens with zero attached hydrogens (tertiary/aromatic N) is 2. The van der Waals surface area contributed by atoms with Gasteiger partial charge in [0.1, 0.15) is 11.1 Å². The van der Waals surface area contributed by atoms with Gasteiger partial charge in [0.15, 0.2) is 23.1 Å². The third-order valence-electron chi connectivity index (χ3n) is 6.11. The number of halogens is 1. The van der Waals surface area contributed by atoms with Gasteiger partial charge in [-0.2, -0.15) is 0 Å². The second-order valence-corrected chi connectivity index (χ2v) is 8.60. The molecule has 0 aliphatic rings. The zero-order valence-electron chi connectivity index (χ0n) is 22.3. The van der Waals surface area contributed by atoms with E-state index >= 15 is 4.39 Å². The predicted molar refractivity (Wildman–Crippen MR) is 147 cm³/mol. The van der Waals surface area contributed by atoms with Crippen molar-refractivity contribution in [3.63, 3.8) is 0 Å². The molecule has 1 amide bonds. The fourth-order valence-electron chi connectivity index (χ4n) is 4.21. The first kappa shape index (κ1) is 27.3. The van der Waals surface area contributed by atoms with Gasteiger partial charge in [-0.3, -0.25) is 14.6 Å². The fourth-order valence-corrected chi connectivity index (χ4v) is 4.21. The second-order valence-electron chi connectivity index (χ2n) is 8.60. The van der Waals surface area contributed by atoms with Gasteiger partial charge in [-0.25, -0.2) is 9.37 Å². The molecule has 3 heterocycles. The number of aryl methyl sites for hydroxylation is 1. The molecule has 0 saturated carbocycles. The summed E-state index contributed by atoms with van der Waals surface area (Å²) in [7, 11) is 2.94. The molecule has 39 heavy (non-hydrogen) atoms. The number of aromatic amines is 1. The van der Waals surface area contributed by atoms with E-state index in [-0.39, 0.29) is 34.1 Å². The number of hydrogen-bond acceptors (Lipinski definition) is 7. The summed E-state index contributed by atoms with van der Waals surface area (Å²) in [5.74, 6) is -0.592. The van der Waals surface area contributed by atoms with E-state index in [4.69, 9.17) is 14.2 Å². The standard InChI is InChI=1S/C29H29FN4O5/c1-6-8-17(7-2)25-16(3)32-15-19(27(25)35)28(36)33-18-9-10-22(20(30)13-18)39-23-11-12-31-21-14-24(37-4)29(38-5)34-26(21)23/h8-15H,6-7H2,1-5H3,(H,32,35)(H,33,36)/b17-8+. The average Bonchev–Trinajstić information content (AvgIpc) is 2.93. The molecule has 0 fully saturated rings. The van der Waals surface area contributed by atoms with Gasteiger partial charge in [-0.15, -0.1) is 0 Å². The Bertz CT molecular complexity index is 1630. The van der Waals surface area contributed by atoms with Crippen LogP contribution in [0.25, 0.3) is 16.6 Å². The Morgan fingerprint density at radius 3 is 2.56 bits per heavy atom. The molecule has 9 nitrogen and oxygen atoms in total. The summed E-state index contributed by atoms with van der Waals surface area (Å²) in [5.41, 5.74) is 2.57. The smallest absolute Gasteiger partial charge is 0.261 e. The van der Waals surface area contributed by atoms with Crippen molar-refractivity contribution in [2.75, 3.05) is 19.5 Å². The minimum absolute atomic E-state index is 0.0644. The summed E-state index contributed by atoms with van der Waals surface area (Å²) in [6.07, 6.45) is 6.26. The van der Waals surface area contributed by atoms with Crippen molar-refractivity contribution in [1.82, 2.24) is 15.0 Å². The molecule has 4 rings (SSSR count). The van der Waals surface area contributed by atoms with Gasteiger partial charge in [0, 0.05) is 47.5 Å². The van der Waals surface area contributed by atoms with E-state index in [1.54, 1.807) is 19.1 Å². The Morgan fingerprint density at radius 2 is 1.90 bits per heavy atom. The van der Waals surface area contributed by atoms with Crippen LogP contribution in [0.5, 0.6) is 23.1 Å². The van der Waals surface area contributed by atoms with E-state index in [9.17, 15) is 9.59 Å². The Morgan fingerprint density at radius 1 is 1.10 bits per heavy atom.